The maximum atomic E-state index is 6.38. The lowest BCUT2D eigenvalue weighted by atomic mass is 9.88. The van der Waals surface area contributed by atoms with Crippen LogP contribution in [0.4, 0.5) is 0 Å². The second kappa shape index (κ2) is 8.42. The average Bonchev–Trinajstić information content (AvgIpc) is 3.11. The van der Waals surface area contributed by atoms with Crippen molar-refractivity contribution in [2.75, 3.05) is 33.2 Å². The van der Waals surface area contributed by atoms with Crippen molar-refractivity contribution in [3.8, 4) is 11.4 Å². The number of piperidine rings is 1. The van der Waals surface area contributed by atoms with E-state index in [1.807, 2.05) is 19.2 Å². The van der Waals surface area contributed by atoms with E-state index in [9.17, 15) is 0 Å². The molecule has 0 radical (unpaired) electrons. The Bertz CT molecular complexity index is 974. The van der Waals surface area contributed by atoms with E-state index in [0.29, 0.717) is 16.0 Å². The third kappa shape index (κ3) is 4.06. The topological polar surface area (TPSA) is 44.0 Å². The lowest BCUT2D eigenvalue weighted by molar-refractivity contribution is 0.214. The molecule has 148 valence electrons. The van der Waals surface area contributed by atoms with Gasteiger partial charge in [0.2, 0.25) is 0 Å². The highest BCUT2D eigenvalue weighted by Crippen LogP contribution is 2.34. The van der Waals surface area contributed by atoms with Crippen LogP contribution in [-0.2, 0) is 0 Å². The monoisotopic (exact) mass is 416 g/mol. The first-order valence-electron chi connectivity index (χ1n) is 9.88. The van der Waals surface area contributed by atoms with E-state index in [1.165, 1.54) is 24.0 Å². The summed E-state index contributed by atoms with van der Waals surface area (Å²) in [6.07, 6.45) is 2.41. The predicted molar refractivity (Wildman–Crippen MR) is 119 cm³/mol. The van der Waals surface area contributed by atoms with E-state index < -0.39 is 0 Å². The SMILES string of the molecule is CNCCN1CCC(c2cc(C)c3nc(-c4ccc(Cl)cc4Cl)[nH]c3c2)CC1. The van der Waals surface area contributed by atoms with Crippen LogP contribution in [-0.4, -0.2) is 48.1 Å². The normalized spacial score (nSPS) is 16.1. The molecule has 4 rings (SSSR count). The Morgan fingerprint density at radius 2 is 1.96 bits per heavy atom. The van der Waals surface area contributed by atoms with Crippen LogP contribution in [0.5, 0.6) is 0 Å². The zero-order chi connectivity index (χ0) is 19.7. The summed E-state index contributed by atoms with van der Waals surface area (Å²) in [7, 11) is 2.01. The molecule has 1 fully saturated rings. The van der Waals surface area contributed by atoms with Crippen molar-refractivity contribution in [1.82, 2.24) is 20.2 Å². The van der Waals surface area contributed by atoms with Crippen LogP contribution >= 0.6 is 23.2 Å². The Kier molecular flexibility index (Phi) is 5.93. The highest BCUT2D eigenvalue weighted by Gasteiger charge is 2.21. The van der Waals surface area contributed by atoms with Crippen molar-refractivity contribution in [1.29, 1.82) is 0 Å². The van der Waals surface area contributed by atoms with Gasteiger partial charge in [0.25, 0.3) is 0 Å². The van der Waals surface area contributed by atoms with Gasteiger partial charge in [-0.15, -0.1) is 0 Å². The van der Waals surface area contributed by atoms with E-state index in [0.717, 1.165) is 48.6 Å². The number of aromatic amines is 1. The fourth-order valence-corrected chi connectivity index (χ4v) is 4.62. The fraction of sp³-hybridized carbons (Fsp3) is 0.409. The summed E-state index contributed by atoms with van der Waals surface area (Å²) in [4.78, 5) is 10.8. The number of hydrogen-bond donors (Lipinski definition) is 2. The van der Waals surface area contributed by atoms with Gasteiger partial charge in [-0.2, -0.15) is 0 Å². The summed E-state index contributed by atoms with van der Waals surface area (Å²) in [6.45, 7) is 6.66. The first-order chi connectivity index (χ1) is 13.5. The molecule has 1 aromatic heterocycles. The smallest absolute Gasteiger partial charge is 0.140 e. The molecule has 1 saturated heterocycles. The van der Waals surface area contributed by atoms with Crippen LogP contribution in [0.25, 0.3) is 22.4 Å². The minimum Gasteiger partial charge on any atom is -0.338 e. The van der Waals surface area contributed by atoms with Gasteiger partial charge in [-0.25, -0.2) is 4.98 Å². The Hall–Kier alpha value is -1.59. The highest BCUT2D eigenvalue weighted by atomic mass is 35.5. The summed E-state index contributed by atoms with van der Waals surface area (Å²) in [5.41, 5.74) is 5.58. The fourth-order valence-electron chi connectivity index (χ4n) is 4.12. The van der Waals surface area contributed by atoms with Gasteiger partial charge in [-0.05, 0) is 81.2 Å². The van der Waals surface area contributed by atoms with Crippen LogP contribution in [0.15, 0.2) is 30.3 Å². The molecule has 2 aromatic carbocycles. The van der Waals surface area contributed by atoms with Crippen molar-refractivity contribution in [2.45, 2.75) is 25.7 Å². The molecule has 0 bridgehead atoms. The van der Waals surface area contributed by atoms with Gasteiger partial charge < -0.3 is 15.2 Å². The Morgan fingerprint density at radius 3 is 2.68 bits per heavy atom. The van der Waals surface area contributed by atoms with Gasteiger partial charge in [0.1, 0.15) is 5.82 Å². The number of benzene rings is 2. The largest absolute Gasteiger partial charge is 0.338 e. The Labute approximate surface area is 176 Å². The molecule has 0 aliphatic carbocycles. The van der Waals surface area contributed by atoms with Crippen LogP contribution in [0.2, 0.25) is 10.0 Å². The quantitative estimate of drug-likeness (QED) is 0.597. The molecular formula is C22H26Cl2N4. The summed E-state index contributed by atoms with van der Waals surface area (Å²) in [5, 5.41) is 4.48. The first-order valence-corrected chi connectivity index (χ1v) is 10.6. The molecule has 1 aliphatic heterocycles. The number of hydrogen-bond acceptors (Lipinski definition) is 3. The van der Waals surface area contributed by atoms with Gasteiger partial charge in [0, 0.05) is 23.7 Å². The van der Waals surface area contributed by atoms with Crippen LogP contribution in [0, 0.1) is 6.92 Å². The first kappa shape index (κ1) is 19.7. The highest BCUT2D eigenvalue weighted by molar-refractivity contribution is 6.36. The van der Waals surface area contributed by atoms with E-state index >= 15 is 0 Å². The lowest BCUT2D eigenvalue weighted by Crippen LogP contribution is -2.37. The van der Waals surface area contributed by atoms with E-state index in [1.54, 1.807) is 6.07 Å². The molecular weight excluding hydrogens is 391 g/mol. The molecule has 6 heteroatoms. The standard InChI is InChI=1S/C22H26Cl2N4/c1-14-11-16(15-5-8-28(9-6-15)10-7-25-2)12-20-21(14)27-22(26-20)18-4-3-17(23)13-19(18)24/h3-4,11-13,15,25H,5-10H2,1-2H3,(H,26,27). The molecule has 0 saturated carbocycles. The second-order valence-electron chi connectivity index (χ2n) is 7.66. The van der Waals surface area contributed by atoms with E-state index in [2.05, 4.69) is 34.3 Å². The van der Waals surface area contributed by atoms with Crippen LogP contribution in [0.3, 0.4) is 0 Å². The average molecular weight is 417 g/mol. The molecule has 0 unspecified atom stereocenters. The van der Waals surface area contributed by atoms with Gasteiger partial charge in [-0.1, -0.05) is 29.3 Å². The minimum absolute atomic E-state index is 0.610. The lowest BCUT2D eigenvalue weighted by Gasteiger charge is -2.32. The maximum Gasteiger partial charge on any atom is 0.140 e. The number of H-pyrrole nitrogens is 1. The molecule has 0 spiro atoms. The molecule has 28 heavy (non-hydrogen) atoms. The maximum absolute atomic E-state index is 6.38. The zero-order valence-corrected chi connectivity index (χ0v) is 17.9. The van der Waals surface area contributed by atoms with Crippen molar-refractivity contribution in [3.05, 3.63) is 51.5 Å². The molecule has 2 heterocycles. The number of aryl methyl sites for hydroxylation is 1. The number of likely N-dealkylation sites (N-methyl/N-ethyl adjacent to an activating group) is 1. The van der Waals surface area contributed by atoms with E-state index in [4.69, 9.17) is 28.2 Å². The molecule has 0 amide bonds. The summed E-state index contributed by atoms with van der Waals surface area (Å²) >= 11 is 12.4. The second-order valence-corrected chi connectivity index (χ2v) is 8.51. The predicted octanol–water partition coefficient (Wildman–Crippen LogP) is 5.24. The summed E-state index contributed by atoms with van der Waals surface area (Å²) < 4.78 is 0. The summed E-state index contributed by atoms with van der Waals surface area (Å²) in [5.74, 6) is 1.40. The molecule has 3 aromatic rings. The van der Waals surface area contributed by atoms with Gasteiger partial charge in [0.05, 0.1) is 16.1 Å². The number of likely N-dealkylation sites (tertiary alicyclic amines) is 1. The number of nitrogens with zero attached hydrogens (tertiary/aromatic N) is 2. The van der Waals surface area contributed by atoms with Crippen LogP contribution in [0.1, 0.15) is 29.9 Å². The minimum atomic E-state index is 0.610. The number of aromatic nitrogens is 2. The zero-order valence-electron chi connectivity index (χ0n) is 16.4. The van der Waals surface area contributed by atoms with E-state index in [-0.39, 0.29) is 0 Å². The number of nitrogens with one attached hydrogen (secondary N) is 2. The number of imidazole rings is 1. The van der Waals surface area contributed by atoms with Crippen molar-refractivity contribution in [3.63, 3.8) is 0 Å². The molecule has 4 nitrogen and oxygen atoms in total. The Balaban J connectivity index is 1.59. The number of rotatable bonds is 5. The Morgan fingerprint density at radius 1 is 1.18 bits per heavy atom. The third-order valence-electron chi connectivity index (χ3n) is 5.72. The number of fused-ring (bicyclic) bond motifs is 1. The van der Waals surface area contributed by atoms with Crippen LogP contribution < -0.4 is 5.32 Å². The third-order valence-corrected chi connectivity index (χ3v) is 6.27. The van der Waals surface area contributed by atoms with Crippen molar-refractivity contribution in [2.24, 2.45) is 0 Å². The molecule has 0 atom stereocenters. The van der Waals surface area contributed by atoms with Crippen molar-refractivity contribution < 1.29 is 0 Å². The summed E-state index contributed by atoms with van der Waals surface area (Å²) in [6, 6.07) is 10.1. The van der Waals surface area contributed by atoms with Gasteiger partial charge >= 0.3 is 0 Å². The molecule has 2 N–H and O–H groups in total. The van der Waals surface area contributed by atoms with Gasteiger partial charge in [-0.3, -0.25) is 0 Å². The van der Waals surface area contributed by atoms with Gasteiger partial charge in [0.15, 0.2) is 0 Å². The van der Waals surface area contributed by atoms with Crippen molar-refractivity contribution >= 4 is 34.2 Å². The number of halogens is 2. The molecule has 1 aliphatic rings.